The fraction of sp³-hybridized carbons (Fsp3) is 0.167. The number of aromatic nitrogens is 2. The quantitative estimate of drug-likeness (QED) is 0.438. The van der Waals surface area contributed by atoms with E-state index in [4.69, 9.17) is 21.1 Å². The van der Waals surface area contributed by atoms with E-state index in [1.54, 1.807) is 18.2 Å². The number of hydrogen-bond donors (Lipinski definition) is 1. The lowest BCUT2D eigenvalue weighted by Crippen LogP contribution is -2.13. The van der Waals surface area contributed by atoms with Gasteiger partial charge in [0, 0.05) is 10.8 Å². The Morgan fingerprint density at radius 1 is 1.15 bits per heavy atom. The van der Waals surface area contributed by atoms with E-state index in [2.05, 4.69) is 15.5 Å². The summed E-state index contributed by atoms with van der Waals surface area (Å²) in [5.41, 5.74) is 1.38. The molecule has 9 heteroatoms. The van der Waals surface area contributed by atoms with E-state index in [9.17, 15) is 4.79 Å². The first kappa shape index (κ1) is 19.5. The summed E-state index contributed by atoms with van der Waals surface area (Å²) >= 11 is 8.97. The number of halogens is 1. The number of rotatable bonds is 7. The topological polar surface area (TPSA) is 73.3 Å². The van der Waals surface area contributed by atoms with Gasteiger partial charge in [-0.3, -0.25) is 10.1 Å². The number of nitrogens with one attached hydrogen (secondary N) is 1. The Morgan fingerprint density at radius 2 is 1.96 bits per heavy atom. The highest BCUT2D eigenvalue weighted by molar-refractivity contribution is 8.00. The first-order valence-corrected chi connectivity index (χ1v) is 10.0. The third-order valence-corrected chi connectivity index (χ3v) is 5.97. The van der Waals surface area contributed by atoms with Crippen molar-refractivity contribution in [2.24, 2.45) is 0 Å². The van der Waals surface area contributed by atoms with Gasteiger partial charge < -0.3 is 9.47 Å². The largest absolute Gasteiger partial charge is 0.493 e. The molecule has 0 aliphatic rings. The van der Waals surface area contributed by atoms with Crippen LogP contribution in [-0.2, 0) is 5.75 Å². The van der Waals surface area contributed by atoms with Crippen LogP contribution in [-0.4, -0.2) is 30.3 Å². The third kappa shape index (κ3) is 4.71. The molecule has 1 heterocycles. The second-order valence-corrected chi connectivity index (χ2v) is 7.86. The van der Waals surface area contributed by atoms with Crippen LogP contribution in [0.4, 0.5) is 5.13 Å². The molecular weight excluding hydrogens is 406 g/mol. The van der Waals surface area contributed by atoms with Gasteiger partial charge in [-0.1, -0.05) is 59.0 Å². The van der Waals surface area contributed by atoms with Crippen molar-refractivity contribution in [3.63, 3.8) is 0 Å². The highest BCUT2D eigenvalue weighted by atomic mass is 35.5. The zero-order valence-corrected chi connectivity index (χ0v) is 17.0. The molecule has 0 saturated carbocycles. The summed E-state index contributed by atoms with van der Waals surface area (Å²) in [5, 5.41) is 12.0. The van der Waals surface area contributed by atoms with Crippen LogP contribution in [0.3, 0.4) is 0 Å². The number of thioether (sulfide) groups is 1. The first-order chi connectivity index (χ1) is 13.1. The highest BCUT2D eigenvalue weighted by Crippen LogP contribution is 2.33. The Kier molecular flexibility index (Phi) is 6.54. The van der Waals surface area contributed by atoms with Gasteiger partial charge in [0.2, 0.25) is 5.13 Å². The minimum absolute atomic E-state index is 0.343. The maximum absolute atomic E-state index is 12.6. The van der Waals surface area contributed by atoms with Gasteiger partial charge in [-0.05, 0) is 23.8 Å². The maximum atomic E-state index is 12.6. The van der Waals surface area contributed by atoms with E-state index in [-0.39, 0.29) is 5.91 Å². The maximum Gasteiger partial charge on any atom is 0.261 e. The minimum atomic E-state index is -0.343. The zero-order valence-electron chi connectivity index (χ0n) is 14.6. The number of benzene rings is 2. The molecule has 0 radical (unpaired) electrons. The van der Waals surface area contributed by atoms with E-state index in [1.165, 1.54) is 37.3 Å². The van der Waals surface area contributed by atoms with Gasteiger partial charge >= 0.3 is 0 Å². The summed E-state index contributed by atoms with van der Waals surface area (Å²) in [5.74, 6) is 1.18. The first-order valence-electron chi connectivity index (χ1n) is 7.84. The van der Waals surface area contributed by atoms with Gasteiger partial charge in [0.15, 0.2) is 15.8 Å². The Balaban J connectivity index is 1.67. The van der Waals surface area contributed by atoms with Gasteiger partial charge in [-0.25, -0.2) is 0 Å². The number of carbonyl (C=O) groups excluding carboxylic acids is 1. The van der Waals surface area contributed by atoms with Crippen molar-refractivity contribution in [3.8, 4) is 11.5 Å². The molecular formula is C18H16ClN3O3S2. The van der Waals surface area contributed by atoms with E-state index < -0.39 is 0 Å². The van der Waals surface area contributed by atoms with E-state index >= 15 is 0 Å². The van der Waals surface area contributed by atoms with Crippen molar-refractivity contribution >= 4 is 45.7 Å². The number of anilines is 1. The molecule has 27 heavy (non-hydrogen) atoms. The van der Waals surface area contributed by atoms with Gasteiger partial charge in [-0.15, -0.1) is 10.2 Å². The van der Waals surface area contributed by atoms with E-state index in [1.807, 2.05) is 24.3 Å². The van der Waals surface area contributed by atoms with Gasteiger partial charge in [0.05, 0.1) is 19.8 Å². The van der Waals surface area contributed by atoms with Crippen molar-refractivity contribution in [3.05, 3.63) is 58.6 Å². The third-order valence-electron chi connectivity index (χ3n) is 3.58. The molecule has 0 spiro atoms. The molecule has 2 aromatic carbocycles. The number of amides is 1. The molecule has 0 atom stereocenters. The Hall–Kier alpha value is -2.29. The van der Waals surface area contributed by atoms with Crippen LogP contribution in [0.1, 0.15) is 15.9 Å². The average Bonchev–Trinajstić information content (AvgIpc) is 3.13. The smallest absolute Gasteiger partial charge is 0.261 e. The summed E-state index contributed by atoms with van der Waals surface area (Å²) in [6, 6.07) is 12.8. The van der Waals surface area contributed by atoms with Crippen LogP contribution in [0.5, 0.6) is 11.5 Å². The lowest BCUT2D eigenvalue weighted by atomic mass is 10.1. The van der Waals surface area contributed by atoms with Gasteiger partial charge in [0.25, 0.3) is 5.91 Å². The van der Waals surface area contributed by atoms with Crippen molar-refractivity contribution < 1.29 is 14.3 Å². The molecule has 1 N–H and O–H groups in total. The van der Waals surface area contributed by atoms with Gasteiger partial charge in [-0.2, -0.15) is 0 Å². The molecule has 140 valence electrons. The molecule has 0 bridgehead atoms. The highest BCUT2D eigenvalue weighted by Gasteiger charge is 2.18. The monoisotopic (exact) mass is 421 g/mol. The molecule has 0 aliphatic heterocycles. The Bertz CT molecular complexity index is 949. The molecule has 0 unspecified atom stereocenters. The standard InChI is InChI=1S/C18H16ClN3O3S2/c1-24-14-9-5-7-12(15(14)25-2)16(23)20-17-21-22-18(27-17)26-10-11-6-3-4-8-13(11)19/h3-9H,10H2,1-2H3,(H,20,21,23). The number of nitrogens with zero attached hydrogens (tertiary/aromatic N) is 2. The molecule has 3 aromatic rings. The summed E-state index contributed by atoms with van der Waals surface area (Å²) in [7, 11) is 3.01. The molecule has 1 amide bonds. The van der Waals surface area contributed by atoms with Crippen LogP contribution in [0.15, 0.2) is 46.8 Å². The van der Waals surface area contributed by atoms with Crippen LogP contribution in [0.2, 0.25) is 5.02 Å². The molecule has 0 saturated heterocycles. The number of para-hydroxylation sites is 1. The summed E-state index contributed by atoms with van der Waals surface area (Å²) in [4.78, 5) is 12.6. The van der Waals surface area contributed by atoms with Gasteiger partial charge in [0.1, 0.15) is 0 Å². The lowest BCUT2D eigenvalue weighted by Gasteiger charge is -2.11. The Labute approximate surface area is 169 Å². The summed E-state index contributed by atoms with van der Waals surface area (Å²) < 4.78 is 11.3. The number of ether oxygens (including phenoxy) is 2. The molecule has 0 aliphatic carbocycles. The minimum Gasteiger partial charge on any atom is -0.493 e. The van der Waals surface area contributed by atoms with Crippen LogP contribution < -0.4 is 14.8 Å². The lowest BCUT2D eigenvalue weighted by molar-refractivity contribution is 0.102. The molecule has 3 rings (SSSR count). The number of carbonyl (C=O) groups is 1. The summed E-state index contributed by atoms with van der Waals surface area (Å²) in [6.07, 6.45) is 0. The van der Waals surface area contributed by atoms with Crippen molar-refractivity contribution in [1.29, 1.82) is 0 Å². The second-order valence-electron chi connectivity index (χ2n) is 5.25. The second kappa shape index (κ2) is 9.07. The fourth-order valence-electron chi connectivity index (χ4n) is 2.30. The van der Waals surface area contributed by atoms with Crippen LogP contribution in [0, 0.1) is 0 Å². The van der Waals surface area contributed by atoms with E-state index in [0.717, 1.165) is 9.90 Å². The van der Waals surface area contributed by atoms with E-state index in [0.29, 0.717) is 33.0 Å². The molecule has 6 nitrogen and oxygen atoms in total. The number of methoxy groups -OCH3 is 2. The number of hydrogen-bond acceptors (Lipinski definition) is 7. The predicted molar refractivity (Wildman–Crippen MR) is 108 cm³/mol. The zero-order chi connectivity index (χ0) is 19.2. The average molecular weight is 422 g/mol. The summed E-state index contributed by atoms with van der Waals surface area (Å²) in [6.45, 7) is 0. The Morgan fingerprint density at radius 3 is 2.70 bits per heavy atom. The molecule has 1 aromatic heterocycles. The van der Waals surface area contributed by atoms with Crippen molar-refractivity contribution in [1.82, 2.24) is 10.2 Å². The van der Waals surface area contributed by atoms with Crippen LogP contribution >= 0.6 is 34.7 Å². The van der Waals surface area contributed by atoms with Crippen molar-refractivity contribution in [2.75, 3.05) is 19.5 Å². The normalized spacial score (nSPS) is 10.5. The predicted octanol–water partition coefficient (Wildman–Crippen LogP) is 4.75. The van der Waals surface area contributed by atoms with Crippen LogP contribution in [0.25, 0.3) is 0 Å². The van der Waals surface area contributed by atoms with Crippen molar-refractivity contribution in [2.45, 2.75) is 10.1 Å². The fourth-order valence-corrected chi connectivity index (χ4v) is 4.34. The molecule has 0 fully saturated rings. The SMILES string of the molecule is COc1cccc(C(=O)Nc2nnc(SCc3ccccc3Cl)s2)c1OC.